The second-order valence-corrected chi connectivity index (χ2v) is 16.3. The van der Waals surface area contributed by atoms with E-state index in [1.54, 1.807) is 0 Å². The van der Waals surface area contributed by atoms with Crippen LogP contribution in [-0.2, 0) is 0 Å². The van der Waals surface area contributed by atoms with Crippen molar-refractivity contribution in [2.24, 2.45) is 0 Å². The van der Waals surface area contributed by atoms with E-state index in [1.807, 2.05) is 0 Å². The Bertz CT molecular complexity index is 3700. The topological polar surface area (TPSA) is 23.0 Å². The fraction of sp³-hybridized carbons (Fsp3) is 0.0357. The molecular formula is C56H34N2O. The molecule has 0 saturated heterocycles. The maximum Gasteiger partial charge on any atom is 0.136 e. The van der Waals surface area contributed by atoms with E-state index in [-0.39, 0.29) is 11.8 Å². The van der Waals surface area contributed by atoms with E-state index in [2.05, 4.69) is 203 Å². The predicted octanol–water partition coefficient (Wildman–Crippen LogP) is 14.4. The van der Waals surface area contributed by atoms with Crippen LogP contribution in [0.25, 0.3) is 88.1 Å². The summed E-state index contributed by atoms with van der Waals surface area (Å²) in [5, 5.41) is 7.34. The van der Waals surface area contributed by atoms with Crippen LogP contribution in [0.5, 0.6) is 0 Å². The number of hydrogen-bond acceptors (Lipinski definition) is 1. The third kappa shape index (κ3) is 4.06. The van der Waals surface area contributed by atoms with Crippen LogP contribution in [0.4, 0.5) is 0 Å². The lowest BCUT2D eigenvalue weighted by atomic mass is 9.59. The van der Waals surface area contributed by atoms with Crippen LogP contribution in [0.2, 0.25) is 0 Å². The molecule has 12 aromatic rings. The summed E-state index contributed by atoms with van der Waals surface area (Å²) in [6.07, 6.45) is 0. The van der Waals surface area contributed by atoms with Gasteiger partial charge >= 0.3 is 0 Å². The van der Waals surface area contributed by atoms with Gasteiger partial charge in [-0.3, -0.25) is 0 Å². The average Bonchev–Trinajstić information content (AvgIpc) is 3.95. The summed E-state index contributed by atoms with van der Waals surface area (Å²) in [5.74, 6) is 0.145. The molecule has 0 atom stereocenters. The standard InChI is InChI=1S/C56H34N2O/c1-2-15-33(16-3-1)57-45-25-11-8-17-34(45)43-32-49-44(31-48(43)57)35-18-9-12-26-46(35)58(49)47-30-29-41(36-24-14-28-51-52(36)42-23-10-13-27-50(42)59-51)55-53-37-19-4-6-21-39(37)54(56(47)55)40-22-7-5-20-38(40)53/h1-32,53-54H. The van der Waals surface area contributed by atoms with Crippen molar-refractivity contribution < 1.29 is 4.42 Å². The van der Waals surface area contributed by atoms with Crippen LogP contribution in [0.1, 0.15) is 45.2 Å². The van der Waals surface area contributed by atoms with Crippen molar-refractivity contribution in [1.82, 2.24) is 9.13 Å². The van der Waals surface area contributed by atoms with Gasteiger partial charge in [-0.15, -0.1) is 0 Å². The van der Waals surface area contributed by atoms with E-state index in [1.165, 1.54) is 105 Å². The molecule has 15 rings (SSSR count). The minimum absolute atomic E-state index is 0.0672. The highest BCUT2D eigenvalue weighted by Crippen LogP contribution is 2.60. The fourth-order valence-corrected chi connectivity index (χ4v) is 11.2. The number of fused-ring (bicyclic) bond motifs is 9. The van der Waals surface area contributed by atoms with Gasteiger partial charge in [0.2, 0.25) is 0 Å². The Kier molecular flexibility index (Phi) is 6.13. The molecule has 9 aromatic carbocycles. The minimum Gasteiger partial charge on any atom is -0.456 e. The Balaban J connectivity index is 1.14. The Morgan fingerprint density at radius 1 is 0.339 bits per heavy atom. The molecule has 0 amide bonds. The zero-order chi connectivity index (χ0) is 38.3. The Hall–Kier alpha value is -7.62. The SMILES string of the molecule is c1ccc(-n2c3ccccc3c3cc4c(cc32)c2ccccc2n4-c2ccc(-c3cccc4oc5ccccc5c34)c3c2C2c4ccccc4C3c3ccccc32)cc1. The maximum absolute atomic E-state index is 6.50. The van der Waals surface area contributed by atoms with E-state index in [0.29, 0.717) is 0 Å². The second kappa shape index (κ2) is 11.5. The van der Waals surface area contributed by atoms with Crippen molar-refractivity contribution in [2.45, 2.75) is 11.8 Å². The van der Waals surface area contributed by atoms with Crippen molar-refractivity contribution in [3.8, 4) is 22.5 Å². The smallest absolute Gasteiger partial charge is 0.136 e. The molecule has 3 heterocycles. The summed E-state index contributed by atoms with van der Waals surface area (Å²) in [7, 11) is 0. The number of para-hydroxylation sites is 4. The second-order valence-electron chi connectivity index (χ2n) is 16.3. The molecule has 0 fully saturated rings. The van der Waals surface area contributed by atoms with Crippen LogP contribution in [0.15, 0.2) is 199 Å². The molecule has 0 spiro atoms. The van der Waals surface area contributed by atoms with Crippen molar-refractivity contribution >= 4 is 65.6 Å². The highest BCUT2D eigenvalue weighted by molar-refractivity contribution is 6.19. The first-order chi connectivity index (χ1) is 29.3. The number of rotatable bonds is 3. The molecule has 3 heteroatoms. The van der Waals surface area contributed by atoms with Gasteiger partial charge in [0.1, 0.15) is 11.2 Å². The number of furan rings is 1. The summed E-state index contributed by atoms with van der Waals surface area (Å²) in [4.78, 5) is 0. The quantitative estimate of drug-likeness (QED) is 0.176. The fourth-order valence-electron chi connectivity index (χ4n) is 11.2. The molecular weight excluding hydrogens is 717 g/mol. The van der Waals surface area contributed by atoms with Crippen molar-refractivity contribution in [1.29, 1.82) is 0 Å². The van der Waals surface area contributed by atoms with Gasteiger partial charge in [0.15, 0.2) is 0 Å². The molecule has 0 unspecified atom stereocenters. The zero-order valence-electron chi connectivity index (χ0n) is 31.9. The third-order valence-corrected chi connectivity index (χ3v) is 13.5. The molecule has 3 aliphatic carbocycles. The summed E-state index contributed by atoms with van der Waals surface area (Å²) in [5.41, 5.74) is 20.0. The highest BCUT2D eigenvalue weighted by Gasteiger charge is 2.44. The monoisotopic (exact) mass is 750 g/mol. The third-order valence-electron chi connectivity index (χ3n) is 13.5. The lowest BCUT2D eigenvalue weighted by Gasteiger charge is -2.44. The summed E-state index contributed by atoms with van der Waals surface area (Å²) in [6, 6.07) is 71.8. The van der Waals surface area contributed by atoms with Gasteiger partial charge < -0.3 is 13.6 Å². The molecule has 274 valence electrons. The molecule has 2 bridgehead atoms. The van der Waals surface area contributed by atoms with Crippen LogP contribution >= 0.6 is 0 Å². The van der Waals surface area contributed by atoms with Gasteiger partial charge in [-0.2, -0.15) is 0 Å². The molecule has 0 radical (unpaired) electrons. The number of nitrogens with zero attached hydrogens (tertiary/aromatic N) is 2. The van der Waals surface area contributed by atoms with Crippen LogP contribution in [-0.4, -0.2) is 9.13 Å². The molecule has 3 aliphatic rings. The average molecular weight is 751 g/mol. The first kappa shape index (κ1) is 31.5. The Morgan fingerprint density at radius 2 is 0.864 bits per heavy atom. The lowest BCUT2D eigenvalue weighted by Crippen LogP contribution is -2.29. The van der Waals surface area contributed by atoms with Gasteiger partial charge in [-0.05, 0) is 99.1 Å². The highest BCUT2D eigenvalue weighted by atomic mass is 16.3. The molecule has 59 heavy (non-hydrogen) atoms. The van der Waals surface area contributed by atoms with Gasteiger partial charge in [0.25, 0.3) is 0 Å². The zero-order valence-corrected chi connectivity index (χ0v) is 31.9. The molecule has 3 aromatic heterocycles. The number of hydrogen-bond donors (Lipinski definition) is 0. The van der Waals surface area contributed by atoms with Gasteiger partial charge in [0, 0.05) is 49.8 Å². The molecule has 3 nitrogen and oxygen atoms in total. The molecule has 0 saturated carbocycles. The molecule has 0 aliphatic heterocycles. The summed E-state index contributed by atoms with van der Waals surface area (Å²) < 4.78 is 11.5. The van der Waals surface area contributed by atoms with Crippen molar-refractivity contribution in [2.75, 3.05) is 0 Å². The first-order valence-corrected chi connectivity index (χ1v) is 20.6. The van der Waals surface area contributed by atoms with Crippen LogP contribution in [0, 0.1) is 0 Å². The van der Waals surface area contributed by atoms with E-state index in [0.717, 1.165) is 16.6 Å². The summed E-state index contributed by atoms with van der Waals surface area (Å²) >= 11 is 0. The maximum atomic E-state index is 6.50. The van der Waals surface area contributed by atoms with Crippen molar-refractivity contribution in [3.05, 3.63) is 228 Å². The molecule has 0 N–H and O–H groups in total. The number of benzene rings is 9. The van der Waals surface area contributed by atoms with Gasteiger partial charge in [-0.1, -0.05) is 140 Å². The Labute approximate surface area is 339 Å². The van der Waals surface area contributed by atoms with E-state index < -0.39 is 0 Å². The Morgan fingerprint density at radius 3 is 1.54 bits per heavy atom. The van der Waals surface area contributed by atoms with Crippen LogP contribution in [0.3, 0.4) is 0 Å². The van der Waals surface area contributed by atoms with Crippen molar-refractivity contribution in [3.63, 3.8) is 0 Å². The van der Waals surface area contributed by atoms with E-state index >= 15 is 0 Å². The van der Waals surface area contributed by atoms with Crippen LogP contribution < -0.4 is 0 Å². The van der Waals surface area contributed by atoms with E-state index in [9.17, 15) is 0 Å². The largest absolute Gasteiger partial charge is 0.456 e. The van der Waals surface area contributed by atoms with E-state index in [4.69, 9.17) is 4.42 Å². The van der Waals surface area contributed by atoms with Gasteiger partial charge in [0.05, 0.1) is 27.8 Å². The lowest BCUT2D eigenvalue weighted by molar-refractivity contribution is 0.669. The normalized spacial score (nSPS) is 15.5. The van der Waals surface area contributed by atoms with Gasteiger partial charge in [-0.25, -0.2) is 0 Å². The predicted molar refractivity (Wildman–Crippen MR) is 243 cm³/mol. The summed E-state index contributed by atoms with van der Waals surface area (Å²) in [6.45, 7) is 0. The minimum atomic E-state index is 0.0672. The first-order valence-electron chi connectivity index (χ1n) is 20.6. The number of aromatic nitrogens is 2.